The summed E-state index contributed by atoms with van der Waals surface area (Å²) in [6.07, 6.45) is 2.23. The highest BCUT2D eigenvalue weighted by atomic mass is 32.2. The van der Waals surface area contributed by atoms with Crippen molar-refractivity contribution in [2.75, 3.05) is 33.2 Å². The van der Waals surface area contributed by atoms with Crippen LogP contribution in [0.5, 0.6) is 0 Å². The van der Waals surface area contributed by atoms with E-state index in [9.17, 15) is 14.7 Å². The maximum atomic E-state index is 13.0. The molecule has 1 amide bonds. The highest BCUT2D eigenvalue weighted by molar-refractivity contribution is 8.14. The summed E-state index contributed by atoms with van der Waals surface area (Å²) in [6, 6.07) is 20.9. The van der Waals surface area contributed by atoms with Gasteiger partial charge in [-0.15, -0.1) is 12.6 Å². The fourth-order valence-electron chi connectivity index (χ4n) is 4.74. The molecule has 1 aromatic heterocycles. The van der Waals surface area contributed by atoms with Crippen LogP contribution in [0.2, 0.25) is 0 Å². The number of nitrogens with zero attached hydrogens (tertiary/aromatic N) is 3. The molecule has 0 bridgehead atoms. The van der Waals surface area contributed by atoms with E-state index in [1.165, 1.54) is 11.8 Å². The smallest absolute Gasteiger partial charge is 0.321 e. The number of benzene rings is 2. The third-order valence-corrected chi connectivity index (χ3v) is 8.60. The van der Waals surface area contributed by atoms with Gasteiger partial charge >= 0.3 is 5.97 Å². The van der Waals surface area contributed by atoms with Gasteiger partial charge in [0.05, 0.1) is 4.91 Å². The van der Waals surface area contributed by atoms with Crippen molar-refractivity contribution in [1.29, 1.82) is 0 Å². The van der Waals surface area contributed by atoms with Gasteiger partial charge in [0.2, 0.25) is 0 Å². The Morgan fingerprint density at radius 1 is 1.05 bits per heavy atom. The predicted molar refractivity (Wildman–Crippen MR) is 154 cm³/mol. The highest BCUT2D eigenvalue weighted by Crippen LogP contribution is 2.39. The number of amides is 1. The summed E-state index contributed by atoms with van der Waals surface area (Å²) in [5.74, 6) is 0.446. The number of piperazine rings is 1. The van der Waals surface area contributed by atoms with Gasteiger partial charge in [-0.1, -0.05) is 66.4 Å². The van der Waals surface area contributed by atoms with Gasteiger partial charge in [0.25, 0.3) is 5.91 Å². The van der Waals surface area contributed by atoms with E-state index in [1.54, 1.807) is 11.0 Å². The molecule has 5 rings (SSSR count). The molecule has 38 heavy (non-hydrogen) atoms. The number of carboxylic acids is 1. The molecule has 2 aliphatic heterocycles. The van der Waals surface area contributed by atoms with Crippen LogP contribution < -0.4 is 0 Å². The number of rotatable bonds is 8. The lowest BCUT2D eigenvalue weighted by atomic mass is 10.0. The minimum atomic E-state index is -0.785. The molecule has 9 heteroatoms. The summed E-state index contributed by atoms with van der Waals surface area (Å²) in [5, 5.41) is 9.82. The van der Waals surface area contributed by atoms with E-state index in [0.717, 1.165) is 42.9 Å². The van der Waals surface area contributed by atoms with Crippen molar-refractivity contribution >= 4 is 42.3 Å². The minimum absolute atomic E-state index is 0.0607. The van der Waals surface area contributed by atoms with Gasteiger partial charge in [0.1, 0.15) is 22.3 Å². The van der Waals surface area contributed by atoms with Crippen molar-refractivity contribution in [3.05, 3.63) is 88.5 Å². The third kappa shape index (κ3) is 6.18. The fourth-order valence-corrected chi connectivity index (χ4v) is 6.20. The number of carbonyl (C=O) groups is 2. The SMILES string of the molecule is CN1CCN(C(Cc2ccc(-c3ccc(/C=C4\SC(S)N(Cc5ccccc5)C4=O)o3)cc2)C(=O)O)CC1. The number of carboxylic acid groups (broad SMARTS) is 1. The molecule has 2 unspecified atom stereocenters. The van der Waals surface area contributed by atoms with Crippen molar-refractivity contribution in [2.45, 2.75) is 23.7 Å². The van der Waals surface area contributed by atoms with Gasteiger partial charge in [-0.2, -0.15) is 0 Å². The quantitative estimate of drug-likeness (QED) is 0.316. The van der Waals surface area contributed by atoms with Crippen molar-refractivity contribution in [3.8, 4) is 11.3 Å². The summed E-state index contributed by atoms with van der Waals surface area (Å²) in [7, 11) is 2.06. The minimum Gasteiger partial charge on any atom is -0.480 e. The lowest BCUT2D eigenvalue weighted by Crippen LogP contribution is -2.52. The Morgan fingerprint density at radius 3 is 2.45 bits per heavy atom. The Kier molecular flexibility index (Phi) is 8.28. The van der Waals surface area contributed by atoms with Crippen molar-refractivity contribution in [1.82, 2.24) is 14.7 Å². The number of hydrogen-bond donors (Lipinski definition) is 2. The molecule has 2 atom stereocenters. The zero-order valence-corrected chi connectivity index (χ0v) is 22.9. The van der Waals surface area contributed by atoms with E-state index >= 15 is 0 Å². The van der Waals surface area contributed by atoms with Crippen LogP contribution in [-0.2, 0) is 22.6 Å². The molecule has 2 saturated heterocycles. The molecule has 0 spiro atoms. The van der Waals surface area contributed by atoms with E-state index in [4.69, 9.17) is 4.42 Å². The van der Waals surface area contributed by atoms with E-state index in [-0.39, 0.29) is 10.6 Å². The second-order valence-electron chi connectivity index (χ2n) is 9.67. The first-order valence-corrected chi connectivity index (χ1v) is 14.0. The first-order valence-electron chi connectivity index (χ1n) is 12.6. The van der Waals surface area contributed by atoms with Crippen LogP contribution in [0.3, 0.4) is 0 Å². The normalized spacial score (nSPS) is 20.8. The van der Waals surface area contributed by atoms with E-state index in [2.05, 4.69) is 29.5 Å². The molecule has 7 nitrogen and oxygen atoms in total. The van der Waals surface area contributed by atoms with Gasteiger partial charge in [0.15, 0.2) is 0 Å². The van der Waals surface area contributed by atoms with Crippen LogP contribution >= 0.6 is 24.4 Å². The van der Waals surface area contributed by atoms with E-state index < -0.39 is 12.0 Å². The van der Waals surface area contributed by atoms with E-state index in [0.29, 0.717) is 29.4 Å². The Morgan fingerprint density at radius 2 is 1.76 bits per heavy atom. The maximum Gasteiger partial charge on any atom is 0.321 e. The summed E-state index contributed by atoms with van der Waals surface area (Å²) in [4.78, 5) is 31.6. The number of thioether (sulfide) groups is 1. The first-order chi connectivity index (χ1) is 18.4. The van der Waals surface area contributed by atoms with Crippen molar-refractivity contribution < 1.29 is 19.1 Å². The van der Waals surface area contributed by atoms with Crippen LogP contribution in [-0.4, -0.2) is 75.7 Å². The second-order valence-corrected chi connectivity index (χ2v) is 11.6. The van der Waals surface area contributed by atoms with Gasteiger partial charge in [0, 0.05) is 44.4 Å². The number of thiol groups is 1. The van der Waals surface area contributed by atoms with Crippen LogP contribution in [0.1, 0.15) is 16.9 Å². The van der Waals surface area contributed by atoms with Crippen LogP contribution in [0.4, 0.5) is 0 Å². The summed E-state index contributed by atoms with van der Waals surface area (Å²) in [6.45, 7) is 3.78. The number of aliphatic carboxylic acids is 1. The molecule has 0 saturated carbocycles. The van der Waals surface area contributed by atoms with Crippen LogP contribution in [0, 0.1) is 0 Å². The van der Waals surface area contributed by atoms with Gasteiger partial charge in [-0.05, 0) is 36.7 Å². The average molecular weight is 550 g/mol. The second kappa shape index (κ2) is 11.8. The first kappa shape index (κ1) is 26.6. The molecule has 2 fully saturated rings. The molecule has 3 aromatic rings. The molecule has 1 N–H and O–H groups in total. The maximum absolute atomic E-state index is 13.0. The van der Waals surface area contributed by atoms with Crippen molar-refractivity contribution in [2.24, 2.45) is 0 Å². The summed E-state index contributed by atoms with van der Waals surface area (Å²) in [5.41, 5.74) is 2.93. The molecular weight excluding hydrogens is 518 g/mol. The Labute approximate surface area is 232 Å². The zero-order chi connectivity index (χ0) is 26.6. The Bertz CT molecular complexity index is 1300. The molecule has 3 heterocycles. The Balaban J connectivity index is 1.24. The summed E-state index contributed by atoms with van der Waals surface area (Å²) < 4.78 is 5.79. The highest BCUT2D eigenvalue weighted by Gasteiger charge is 2.34. The predicted octanol–water partition coefficient (Wildman–Crippen LogP) is 4.52. The molecule has 0 radical (unpaired) electrons. The van der Waals surface area contributed by atoms with Gasteiger partial charge in [-0.25, -0.2) is 0 Å². The third-order valence-electron chi connectivity index (χ3n) is 7.00. The number of likely N-dealkylation sites (N-methyl/N-ethyl adjacent to an activating group) is 1. The molecule has 198 valence electrons. The number of carbonyl (C=O) groups excluding carboxylic acids is 1. The molecular formula is C29H31N3O4S2. The molecule has 2 aliphatic rings. The largest absolute Gasteiger partial charge is 0.480 e. The average Bonchev–Trinajstić information content (AvgIpc) is 3.49. The lowest BCUT2D eigenvalue weighted by molar-refractivity contribution is -0.144. The number of furan rings is 1. The number of hydrogen-bond acceptors (Lipinski definition) is 7. The van der Waals surface area contributed by atoms with Gasteiger partial charge < -0.3 is 19.3 Å². The zero-order valence-electron chi connectivity index (χ0n) is 21.2. The molecule has 0 aliphatic carbocycles. The lowest BCUT2D eigenvalue weighted by Gasteiger charge is -2.36. The summed E-state index contributed by atoms with van der Waals surface area (Å²) >= 11 is 6.01. The fraction of sp³-hybridized carbons (Fsp3) is 0.310. The molecule has 2 aromatic carbocycles. The van der Waals surface area contributed by atoms with Crippen LogP contribution in [0.25, 0.3) is 17.4 Å². The Hall–Kier alpha value is -2.98. The monoisotopic (exact) mass is 549 g/mol. The van der Waals surface area contributed by atoms with Gasteiger partial charge in [-0.3, -0.25) is 14.5 Å². The van der Waals surface area contributed by atoms with Crippen molar-refractivity contribution in [3.63, 3.8) is 0 Å². The van der Waals surface area contributed by atoms with Crippen LogP contribution in [0.15, 0.2) is 76.1 Å². The van der Waals surface area contributed by atoms with E-state index in [1.807, 2.05) is 66.7 Å². The topological polar surface area (TPSA) is 77.2 Å². The standard InChI is InChI=1S/C29H31N3O4S2/c1-30-13-15-31(16-14-30)24(28(34)35)17-20-7-9-22(10-8-20)25-12-11-23(36-25)18-26-27(33)32(29(37)38-26)19-21-5-3-2-4-6-21/h2-12,18,24,29,37H,13-17,19H2,1H3,(H,34,35)/b26-18-.